The van der Waals surface area contributed by atoms with Crippen LogP contribution in [0.15, 0.2) is 53.3 Å². The van der Waals surface area contributed by atoms with Crippen molar-refractivity contribution in [3.8, 4) is 0 Å². The third-order valence-corrected chi connectivity index (χ3v) is 4.20. The van der Waals surface area contributed by atoms with E-state index in [2.05, 4.69) is 55.9 Å². The zero-order valence-corrected chi connectivity index (χ0v) is 12.7. The van der Waals surface area contributed by atoms with E-state index in [0.717, 1.165) is 23.1 Å². The Labute approximate surface area is 126 Å². The average Bonchev–Trinajstić information content (AvgIpc) is 2.81. The molecule has 2 heterocycles. The number of pyridine rings is 1. The van der Waals surface area contributed by atoms with Crippen molar-refractivity contribution in [2.75, 3.05) is 6.54 Å². The zero-order chi connectivity index (χ0) is 13.9. The molecule has 1 aromatic carbocycles. The van der Waals surface area contributed by atoms with Crippen molar-refractivity contribution in [1.29, 1.82) is 0 Å². The normalized spacial score (nSPS) is 11.1. The molecule has 3 nitrogen and oxygen atoms in total. The zero-order valence-electron chi connectivity index (χ0n) is 11.1. The average molecular weight is 330 g/mol. The van der Waals surface area contributed by atoms with Gasteiger partial charge in [0.15, 0.2) is 0 Å². The minimum Gasteiger partial charge on any atom is -0.330 e. The van der Waals surface area contributed by atoms with Crippen LogP contribution in [0.5, 0.6) is 0 Å². The molecule has 0 radical (unpaired) electrons. The number of rotatable bonds is 4. The molecule has 0 saturated carbocycles. The molecule has 0 saturated heterocycles. The fourth-order valence-electron chi connectivity index (χ4n) is 2.48. The lowest BCUT2D eigenvalue weighted by atomic mass is 10.2. The van der Waals surface area contributed by atoms with E-state index in [1.165, 1.54) is 16.5 Å². The predicted octanol–water partition coefficient (Wildman–Crippen LogP) is 3.35. The summed E-state index contributed by atoms with van der Waals surface area (Å²) in [5.74, 6) is 0. The summed E-state index contributed by atoms with van der Waals surface area (Å²) in [7, 11) is 0. The maximum absolute atomic E-state index is 5.70. The van der Waals surface area contributed by atoms with Crippen molar-refractivity contribution in [3.63, 3.8) is 0 Å². The molecule has 102 valence electrons. The van der Waals surface area contributed by atoms with Crippen molar-refractivity contribution in [3.05, 3.63) is 64.4 Å². The Morgan fingerprint density at radius 1 is 1.10 bits per heavy atom. The van der Waals surface area contributed by atoms with Crippen molar-refractivity contribution >= 4 is 27.0 Å². The second kappa shape index (κ2) is 5.77. The fraction of sp³-hybridized carbons (Fsp3) is 0.188. The maximum Gasteiger partial charge on any atom is 0.140 e. The Hall–Kier alpha value is -1.65. The summed E-state index contributed by atoms with van der Waals surface area (Å²) >= 11 is 3.60. The molecule has 2 aromatic heterocycles. The number of benzene rings is 1. The van der Waals surface area contributed by atoms with Gasteiger partial charge in [0.1, 0.15) is 5.65 Å². The van der Waals surface area contributed by atoms with Crippen LogP contribution in [0.25, 0.3) is 11.0 Å². The van der Waals surface area contributed by atoms with Gasteiger partial charge < -0.3 is 10.3 Å². The maximum atomic E-state index is 5.70. The molecule has 0 spiro atoms. The van der Waals surface area contributed by atoms with E-state index in [4.69, 9.17) is 5.73 Å². The minimum atomic E-state index is 0.656. The summed E-state index contributed by atoms with van der Waals surface area (Å²) in [6.45, 7) is 1.46. The lowest BCUT2D eigenvalue weighted by Crippen LogP contribution is -2.02. The molecule has 20 heavy (non-hydrogen) atoms. The molecule has 3 rings (SSSR count). The molecule has 0 bridgehead atoms. The first-order valence-corrected chi connectivity index (χ1v) is 7.45. The summed E-state index contributed by atoms with van der Waals surface area (Å²) in [4.78, 5) is 4.52. The van der Waals surface area contributed by atoms with E-state index < -0.39 is 0 Å². The lowest BCUT2D eigenvalue weighted by molar-refractivity contribution is 0.814. The lowest BCUT2D eigenvalue weighted by Gasteiger charge is -2.06. The van der Waals surface area contributed by atoms with Gasteiger partial charge in [-0.3, -0.25) is 0 Å². The number of nitrogens with zero attached hydrogens (tertiary/aromatic N) is 2. The molecular formula is C16H16BrN3. The Morgan fingerprint density at radius 3 is 2.75 bits per heavy atom. The summed E-state index contributed by atoms with van der Waals surface area (Å²) in [6, 6.07) is 12.4. The second-order valence-electron chi connectivity index (χ2n) is 4.79. The first-order valence-electron chi connectivity index (χ1n) is 6.66. The van der Waals surface area contributed by atoms with Gasteiger partial charge in [-0.05, 0) is 42.3 Å². The SMILES string of the molecule is NCCc1cn(Cc2ccccc2Br)c2ncccc12. The van der Waals surface area contributed by atoms with Crippen LogP contribution in [-0.2, 0) is 13.0 Å². The van der Waals surface area contributed by atoms with Gasteiger partial charge in [0.25, 0.3) is 0 Å². The Morgan fingerprint density at radius 2 is 1.95 bits per heavy atom. The highest BCUT2D eigenvalue weighted by Gasteiger charge is 2.09. The van der Waals surface area contributed by atoms with Gasteiger partial charge in [-0.15, -0.1) is 0 Å². The van der Waals surface area contributed by atoms with Crippen LogP contribution in [-0.4, -0.2) is 16.1 Å². The fourth-order valence-corrected chi connectivity index (χ4v) is 2.89. The van der Waals surface area contributed by atoms with E-state index in [1.807, 2.05) is 18.3 Å². The highest BCUT2D eigenvalue weighted by molar-refractivity contribution is 9.10. The van der Waals surface area contributed by atoms with E-state index >= 15 is 0 Å². The highest BCUT2D eigenvalue weighted by Crippen LogP contribution is 2.23. The minimum absolute atomic E-state index is 0.656. The number of hydrogen-bond acceptors (Lipinski definition) is 2. The molecule has 0 atom stereocenters. The molecule has 0 aliphatic rings. The monoisotopic (exact) mass is 329 g/mol. The number of halogens is 1. The summed E-state index contributed by atoms with van der Waals surface area (Å²) in [5, 5.41) is 1.20. The third kappa shape index (κ3) is 2.49. The van der Waals surface area contributed by atoms with Gasteiger partial charge in [0, 0.05) is 22.3 Å². The van der Waals surface area contributed by atoms with Gasteiger partial charge in [-0.2, -0.15) is 0 Å². The van der Waals surface area contributed by atoms with Crippen molar-refractivity contribution < 1.29 is 0 Å². The molecule has 0 aliphatic heterocycles. The van der Waals surface area contributed by atoms with E-state index in [9.17, 15) is 0 Å². The van der Waals surface area contributed by atoms with Crippen LogP contribution in [0, 0.1) is 0 Å². The van der Waals surface area contributed by atoms with Gasteiger partial charge >= 0.3 is 0 Å². The van der Waals surface area contributed by atoms with Crippen LogP contribution in [0.2, 0.25) is 0 Å². The predicted molar refractivity (Wildman–Crippen MR) is 85.7 cm³/mol. The topological polar surface area (TPSA) is 43.8 Å². The number of fused-ring (bicyclic) bond motifs is 1. The molecule has 3 aromatic rings. The Bertz CT molecular complexity index is 733. The number of hydrogen-bond donors (Lipinski definition) is 1. The first kappa shape index (κ1) is 13.3. The Kier molecular flexibility index (Phi) is 3.85. The number of nitrogens with two attached hydrogens (primary N) is 1. The molecule has 0 aliphatic carbocycles. The molecule has 4 heteroatoms. The first-order chi connectivity index (χ1) is 9.79. The second-order valence-corrected chi connectivity index (χ2v) is 5.64. The largest absolute Gasteiger partial charge is 0.330 e. The standard InChI is InChI=1S/C16H16BrN3/c17-15-6-2-1-4-13(15)11-20-10-12(7-8-18)14-5-3-9-19-16(14)20/h1-6,9-10H,7-8,11,18H2. The van der Waals surface area contributed by atoms with E-state index in [-0.39, 0.29) is 0 Å². The highest BCUT2D eigenvalue weighted by atomic mass is 79.9. The van der Waals surface area contributed by atoms with Gasteiger partial charge in [0.2, 0.25) is 0 Å². The van der Waals surface area contributed by atoms with Crippen LogP contribution in [0.1, 0.15) is 11.1 Å². The smallest absolute Gasteiger partial charge is 0.140 e. The Balaban J connectivity index is 2.05. The summed E-state index contributed by atoms with van der Waals surface area (Å²) in [5.41, 5.74) is 9.23. The molecule has 0 amide bonds. The third-order valence-electron chi connectivity index (χ3n) is 3.43. The van der Waals surface area contributed by atoms with Crippen LogP contribution >= 0.6 is 15.9 Å². The van der Waals surface area contributed by atoms with Crippen LogP contribution < -0.4 is 5.73 Å². The van der Waals surface area contributed by atoms with Crippen LogP contribution in [0.4, 0.5) is 0 Å². The quantitative estimate of drug-likeness (QED) is 0.797. The van der Waals surface area contributed by atoms with Crippen molar-refractivity contribution in [1.82, 2.24) is 9.55 Å². The van der Waals surface area contributed by atoms with Gasteiger partial charge in [-0.25, -0.2) is 4.98 Å². The summed E-state index contributed by atoms with van der Waals surface area (Å²) in [6.07, 6.45) is 4.89. The molecular weight excluding hydrogens is 314 g/mol. The van der Waals surface area contributed by atoms with E-state index in [0.29, 0.717) is 6.54 Å². The van der Waals surface area contributed by atoms with Gasteiger partial charge in [0.05, 0.1) is 6.54 Å². The molecule has 0 fully saturated rings. The molecule has 0 unspecified atom stereocenters. The van der Waals surface area contributed by atoms with Crippen molar-refractivity contribution in [2.24, 2.45) is 5.73 Å². The summed E-state index contributed by atoms with van der Waals surface area (Å²) < 4.78 is 3.32. The van der Waals surface area contributed by atoms with Crippen LogP contribution in [0.3, 0.4) is 0 Å². The van der Waals surface area contributed by atoms with E-state index in [1.54, 1.807) is 0 Å². The van der Waals surface area contributed by atoms with Crippen molar-refractivity contribution in [2.45, 2.75) is 13.0 Å². The number of aromatic nitrogens is 2. The molecule has 2 N–H and O–H groups in total. The van der Waals surface area contributed by atoms with Gasteiger partial charge in [-0.1, -0.05) is 34.1 Å².